The standard InChI is InChI=1S/C10H12N4OS/c1-15-7-5-3-2-4-6(7)8-12-9(11)14-10(16)13-8/h2-5,8H,1H3,(H4,11,12,13,14,16)/t8-/m1/s1. The van der Waals surface area contributed by atoms with Gasteiger partial charge in [0.1, 0.15) is 5.75 Å². The third-order valence-corrected chi connectivity index (χ3v) is 2.43. The minimum atomic E-state index is -0.301. The van der Waals surface area contributed by atoms with Crippen molar-refractivity contribution in [3.8, 4) is 5.75 Å². The second-order valence-corrected chi connectivity index (χ2v) is 3.67. The summed E-state index contributed by atoms with van der Waals surface area (Å²) in [5.41, 5.74) is 6.51. The lowest BCUT2D eigenvalue weighted by atomic mass is 10.1. The molecule has 0 unspecified atom stereocenters. The molecule has 6 heteroatoms. The number of benzene rings is 1. The van der Waals surface area contributed by atoms with Gasteiger partial charge in [0.2, 0.25) is 0 Å². The highest BCUT2D eigenvalue weighted by Crippen LogP contribution is 2.26. The van der Waals surface area contributed by atoms with E-state index < -0.39 is 0 Å². The Morgan fingerprint density at radius 1 is 1.44 bits per heavy atom. The predicted octanol–water partition coefficient (Wildman–Crippen LogP) is 0.486. The van der Waals surface area contributed by atoms with Crippen LogP contribution in [-0.2, 0) is 0 Å². The summed E-state index contributed by atoms with van der Waals surface area (Å²) in [7, 11) is 1.62. The molecule has 1 aromatic rings. The fourth-order valence-electron chi connectivity index (χ4n) is 1.52. The highest BCUT2D eigenvalue weighted by molar-refractivity contribution is 7.80. The van der Waals surface area contributed by atoms with Crippen LogP contribution < -0.4 is 21.1 Å². The lowest BCUT2D eigenvalue weighted by molar-refractivity contribution is 0.404. The summed E-state index contributed by atoms with van der Waals surface area (Å²) in [6.45, 7) is 0. The average Bonchev–Trinajstić information content (AvgIpc) is 2.27. The lowest BCUT2D eigenvalue weighted by Gasteiger charge is -2.24. The number of thiocarbonyl (C=S) groups is 1. The Balaban J connectivity index is 2.36. The highest BCUT2D eigenvalue weighted by Gasteiger charge is 2.20. The van der Waals surface area contributed by atoms with Gasteiger partial charge in [-0.3, -0.25) is 0 Å². The van der Waals surface area contributed by atoms with Gasteiger partial charge in [-0.05, 0) is 18.3 Å². The van der Waals surface area contributed by atoms with Crippen molar-refractivity contribution < 1.29 is 4.74 Å². The van der Waals surface area contributed by atoms with Crippen LogP contribution in [0.4, 0.5) is 0 Å². The molecule has 0 aromatic heterocycles. The first kappa shape index (κ1) is 10.7. The van der Waals surface area contributed by atoms with E-state index >= 15 is 0 Å². The van der Waals surface area contributed by atoms with Gasteiger partial charge in [-0.15, -0.1) is 0 Å². The molecule has 1 aliphatic rings. The molecular formula is C10H12N4OS. The van der Waals surface area contributed by atoms with Crippen LogP contribution >= 0.6 is 12.2 Å². The second-order valence-electron chi connectivity index (χ2n) is 3.26. The molecule has 16 heavy (non-hydrogen) atoms. The molecule has 0 amide bonds. The van der Waals surface area contributed by atoms with Crippen molar-refractivity contribution >= 4 is 23.3 Å². The summed E-state index contributed by atoms with van der Waals surface area (Å²) < 4.78 is 5.26. The Morgan fingerprint density at radius 2 is 2.19 bits per heavy atom. The van der Waals surface area contributed by atoms with Crippen molar-refractivity contribution in [1.82, 2.24) is 10.6 Å². The molecule has 0 saturated heterocycles. The SMILES string of the molecule is COc1ccccc1[C@@H]1N=C(N)NC(=S)N1. The zero-order chi connectivity index (χ0) is 11.5. The summed E-state index contributed by atoms with van der Waals surface area (Å²) in [4.78, 5) is 4.22. The molecule has 0 radical (unpaired) electrons. The van der Waals surface area contributed by atoms with Gasteiger partial charge < -0.3 is 21.1 Å². The third kappa shape index (κ3) is 2.06. The number of methoxy groups -OCH3 is 1. The van der Waals surface area contributed by atoms with Crippen molar-refractivity contribution in [2.45, 2.75) is 6.17 Å². The fourth-order valence-corrected chi connectivity index (χ4v) is 1.74. The molecule has 4 N–H and O–H groups in total. The molecule has 0 bridgehead atoms. The number of nitrogens with one attached hydrogen (secondary N) is 2. The van der Waals surface area contributed by atoms with E-state index in [9.17, 15) is 0 Å². The maximum absolute atomic E-state index is 5.61. The third-order valence-electron chi connectivity index (χ3n) is 2.21. The Morgan fingerprint density at radius 3 is 2.88 bits per heavy atom. The highest BCUT2D eigenvalue weighted by atomic mass is 32.1. The second kappa shape index (κ2) is 4.36. The van der Waals surface area contributed by atoms with Gasteiger partial charge in [0.05, 0.1) is 7.11 Å². The van der Waals surface area contributed by atoms with E-state index in [0.717, 1.165) is 11.3 Å². The van der Waals surface area contributed by atoms with Gasteiger partial charge in [-0.25, -0.2) is 4.99 Å². The van der Waals surface area contributed by atoms with E-state index in [2.05, 4.69) is 15.6 Å². The number of para-hydroxylation sites is 1. The molecule has 5 nitrogen and oxygen atoms in total. The molecule has 1 atom stereocenters. The minimum absolute atomic E-state index is 0.301. The van der Waals surface area contributed by atoms with Crippen molar-refractivity contribution in [3.05, 3.63) is 29.8 Å². The molecule has 1 heterocycles. The Kier molecular flexibility index (Phi) is 2.91. The first-order chi connectivity index (χ1) is 7.70. The first-order valence-corrected chi connectivity index (χ1v) is 5.15. The Hall–Kier alpha value is -1.82. The van der Waals surface area contributed by atoms with E-state index in [1.54, 1.807) is 7.11 Å². The topological polar surface area (TPSA) is 71.7 Å². The Bertz CT molecular complexity index is 446. The number of nitrogens with zero attached hydrogens (tertiary/aromatic N) is 1. The summed E-state index contributed by atoms with van der Waals surface area (Å²) in [6.07, 6.45) is -0.301. The number of hydrogen-bond acceptors (Lipinski definition) is 4. The van der Waals surface area contributed by atoms with Crippen molar-refractivity contribution in [2.24, 2.45) is 10.7 Å². The van der Waals surface area contributed by atoms with E-state index in [4.69, 9.17) is 22.7 Å². The van der Waals surface area contributed by atoms with Gasteiger partial charge in [0, 0.05) is 5.56 Å². The number of ether oxygens (including phenoxy) is 1. The summed E-state index contributed by atoms with van der Waals surface area (Å²) in [5, 5.41) is 6.20. The maximum Gasteiger partial charge on any atom is 0.197 e. The molecule has 0 fully saturated rings. The summed E-state index contributed by atoms with van der Waals surface area (Å²) in [5.74, 6) is 1.06. The van der Waals surface area contributed by atoms with E-state index in [0.29, 0.717) is 11.1 Å². The van der Waals surface area contributed by atoms with Crippen molar-refractivity contribution in [1.29, 1.82) is 0 Å². The van der Waals surface area contributed by atoms with Crippen LogP contribution in [0.15, 0.2) is 29.3 Å². The average molecular weight is 236 g/mol. The van der Waals surface area contributed by atoms with Crippen molar-refractivity contribution in [3.63, 3.8) is 0 Å². The molecule has 84 valence electrons. The summed E-state index contributed by atoms with van der Waals surface area (Å²) >= 11 is 5.02. The molecule has 2 rings (SSSR count). The van der Waals surface area contributed by atoms with Crippen LogP contribution in [0.1, 0.15) is 11.7 Å². The monoisotopic (exact) mass is 236 g/mol. The van der Waals surface area contributed by atoms with Gasteiger partial charge >= 0.3 is 0 Å². The van der Waals surface area contributed by atoms with E-state index in [1.165, 1.54) is 0 Å². The predicted molar refractivity (Wildman–Crippen MR) is 66.2 cm³/mol. The zero-order valence-electron chi connectivity index (χ0n) is 8.73. The maximum atomic E-state index is 5.61. The molecule has 0 aliphatic carbocycles. The zero-order valence-corrected chi connectivity index (χ0v) is 9.54. The molecular weight excluding hydrogens is 224 g/mol. The number of aliphatic imine (C=N–C) groups is 1. The number of hydrogen-bond donors (Lipinski definition) is 3. The van der Waals surface area contributed by atoms with Gasteiger partial charge in [-0.1, -0.05) is 18.2 Å². The van der Waals surface area contributed by atoms with Gasteiger partial charge in [0.15, 0.2) is 17.2 Å². The molecule has 1 aliphatic heterocycles. The van der Waals surface area contributed by atoms with Crippen molar-refractivity contribution in [2.75, 3.05) is 7.11 Å². The smallest absolute Gasteiger partial charge is 0.197 e. The van der Waals surface area contributed by atoms with Crippen LogP contribution in [0, 0.1) is 0 Å². The van der Waals surface area contributed by atoms with Crippen LogP contribution in [-0.4, -0.2) is 18.2 Å². The quantitative estimate of drug-likeness (QED) is 0.652. The Labute approximate surface area is 98.7 Å². The number of nitrogens with two attached hydrogens (primary N) is 1. The van der Waals surface area contributed by atoms with Gasteiger partial charge in [-0.2, -0.15) is 0 Å². The van der Waals surface area contributed by atoms with Crippen LogP contribution in [0.25, 0.3) is 0 Å². The molecule has 0 spiro atoms. The van der Waals surface area contributed by atoms with Crippen LogP contribution in [0.5, 0.6) is 5.75 Å². The fraction of sp³-hybridized carbons (Fsp3) is 0.200. The molecule has 0 saturated carbocycles. The minimum Gasteiger partial charge on any atom is -0.496 e. The van der Waals surface area contributed by atoms with Gasteiger partial charge in [0.25, 0.3) is 0 Å². The van der Waals surface area contributed by atoms with E-state index in [1.807, 2.05) is 24.3 Å². The number of rotatable bonds is 2. The number of guanidine groups is 1. The normalized spacial score (nSPS) is 19.4. The van der Waals surface area contributed by atoms with Crippen LogP contribution in [0.3, 0.4) is 0 Å². The summed E-state index contributed by atoms with van der Waals surface area (Å²) in [6, 6.07) is 7.60. The lowest BCUT2D eigenvalue weighted by Crippen LogP contribution is -2.49. The van der Waals surface area contributed by atoms with Crippen LogP contribution in [0.2, 0.25) is 0 Å². The first-order valence-electron chi connectivity index (χ1n) is 4.74. The largest absolute Gasteiger partial charge is 0.496 e. The molecule has 1 aromatic carbocycles. The van der Waals surface area contributed by atoms with E-state index in [-0.39, 0.29) is 6.17 Å².